The first-order chi connectivity index (χ1) is 8.99. The van der Waals surface area contributed by atoms with E-state index in [0.717, 1.165) is 11.6 Å². The van der Waals surface area contributed by atoms with E-state index in [0.29, 0.717) is 22.9 Å². The van der Waals surface area contributed by atoms with Gasteiger partial charge in [-0.3, -0.25) is 0 Å². The van der Waals surface area contributed by atoms with Crippen molar-refractivity contribution in [2.24, 2.45) is 7.05 Å². The first-order valence-electron chi connectivity index (χ1n) is 5.94. The lowest BCUT2D eigenvalue weighted by atomic mass is 10.1. The topological polar surface area (TPSA) is 60.2 Å². The molecule has 0 radical (unpaired) electrons. The molecule has 0 spiro atoms. The number of hydrogen-bond donors (Lipinski definition) is 1. The Labute approximate surface area is 116 Å². The summed E-state index contributed by atoms with van der Waals surface area (Å²) in [6.45, 7) is 3.84. The first-order valence-corrected chi connectivity index (χ1v) is 6.32. The van der Waals surface area contributed by atoms with E-state index in [4.69, 9.17) is 16.3 Å². The lowest BCUT2D eigenvalue weighted by molar-refractivity contribution is 0.189. The molecule has 19 heavy (non-hydrogen) atoms. The molecule has 0 bridgehead atoms. The van der Waals surface area contributed by atoms with E-state index in [1.54, 1.807) is 25.1 Å². The number of aliphatic hydroxyl groups is 1. The van der Waals surface area contributed by atoms with Crippen molar-refractivity contribution in [2.75, 3.05) is 0 Å². The SMILES string of the molecule is Cc1nnc(COc2ccc(Cl)cc2[C@H](C)O)n1C. The summed E-state index contributed by atoms with van der Waals surface area (Å²) in [5, 5.41) is 18.3. The molecule has 0 saturated carbocycles. The van der Waals surface area contributed by atoms with Crippen molar-refractivity contribution in [2.45, 2.75) is 26.6 Å². The van der Waals surface area contributed by atoms with Gasteiger partial charge >= 0.3 is 0 Å². The van der Waals surface area contributed by atoms with Crippen molar-refractivity contribution >= 4 is 11.6 Å². The standard InChI is InChI=1S/C13H16ClN3O2/c1-8(18)11-6-10(14)4-5-12(11)19-7-13-16-15-9(2)17(13)3/h4-6,8,18H,7H2,1-3H3/t8-/m0/s1. The van der Waals surface area contributed by atoms with Crippen LogP contribution in [-0.2, 0) is 13.7 Å². The molecule has 0 saturated heterocycles. The number of aromatic nitrogens is 3. The maximum atomic E-state index is 9.71. The molecule has 2 rings (SSSR count). The summed E-state index contributed by atoms with van der Waals surface area (Å²) < 4.78 is 7.55. The second-order valence-electron chi connectivity index (χ2n) is 4.37. The number of aryl methyl sites for hydroxylation is 1. The second-order valence-corrected chi connectivity index (χ2v) is 4.81. The Morgan fingerprint density at radius 2 is 2.16 bits per heavy atom. The van der Waals surface area contributed by atoms with Gasteiger partial charge in [0, 0.05) is 17.6 Å². The molecule has 0 amide bonds. The molecule has 1 aromatic carbocycles. The zero-order valence-electron chi connectivity index (χ0n) is 11.1. The van der Waals surface area contributed by atoms with Crippen LogP contribution < -0.4 is 4.74 Å². The Morgan fingerprint density at radius 3 is 2.74 bits per heavy atom. The maximum Gasteiger partial charge on any atom is 0.170 e. The Morgan fingerprint density at radius 1 is 1.42 bits per heavy atom. The van der Waals surface area contributed by atoms with Crippen LogP contribution in [0, 0.1) is 6.92 Å². The van der Waals surface area contributed by atoms with E-state index in [-0.39, 0.29) is 0 Å². The largest absolute Gasteiger partial charge is 0.485 e. The van der Waals surface area contributed by atoms with E-state index >= 15 is 0 Å². The van der Waals surface area contributed by atoms with Gasteiger partial charge in [0.1, 0.15) is 18.2 Å². The van der Waals surface area contributed by atoms with Gasteiger partial charge in [-0.2, -0.15) is 0 Å². The van der Waals surface area contributed by atoms with Crippen LogP contribution in [0.25, 0.3) is 0 Å². The normalized spacial score (nSPS) is 12.5. The van der Waals surface area contributed by atoms with Crippen molar-refractivity contribution in [3.63, 3.8) is 0 Å². The van der Waals surface area contributed by atoms with Crippen molar-refractivity contribution in [3.05, 3.63) is 40.4 Å². The van der Waals surface area contributed by atoms with E-state index < -0.39 is 6.10 Å². The van der Waals surface area contributed by atoms with Gasteiger partial charge in [-0.25, -0.2) is 0 Å². The molecule has 2 aromatic rings. The molecule has 1 atom stereocenters. The zero-order chi connectivity index (χ0) is 14.0. The molecule has 6 heteroatoms. The summed E-state index contributed by atoms with van der Waals surface area (Å²) >= 11 is 5.91. The molecule has 1 heterocycles. The number of halogens is 1. The van der Waals surface area contributed by atoms with Gasteiger partial charge in [0.15, 0.2) is 5.82 Å². The summed E-state index contributed by atoms with van der Waals surface area (Å²) in [6.07, 6.45) is -0.644. The third-order valence-electron chi connectivity index (χ3n) is 2.96. The second kappa shape index (κ2) is 5.59. The number of hydrogen-bond acceptors (Lipinski definition) is 4. The van der Waals surface area contributed by atoms with Crippen molar-refractivity contribution in [1.29, 1.82) is 0 Å². The predicted molar refractivity (Wildman–Crippen MR) is 72.2 cm³/mol. The highest BCUT2D eigenvalue weighted by Gasteiger charge is 2.12. The Kier molecular flexibility index (Phi) is 4.07. The molecule has 1 N–H and O–H groups in total. The highest BCUT2D eigenvalue weighted by molar-refractivity contribution is 6.30. The lowest BCUT2D eigenvalue weighted by Gasteiger charge is -2.13. The van der Waals surface area contributed by atoms with E-state index in [9.17, 15) is 5.11 Å². The lowest BCUT2D eigenvalue weighted by Crippen LogP contribution is -2.06. The van der Waals surface area contributed by atoms with Gasteiger partial charge in [0.2, 0.25) is 0 Å². The summed E-state index contributed by atoms with van der Waals surface area (Å²) in [6, 6.07) is 5.17. The molecule has 0 aliphatic rings. The van der Waals surface area contributed by atoms with E-state index in [1.165, 1.54) is 0 Å². The monoisotopic (exact) mass is 281 g/mol. The minimum atomic E-state index is -0.644. The summed E-state index contributed by atoms with van der Waals surface area (Å²) in [7, 11) is 1.88. The van der Waals surface area contributed by atoms with E-state index in [1.807, 2.05) is 18.5 Å². The van der Waals surface area contributed by atoms with Crippen molar-refractivity contribution in [1.82, 2.24) is 14.8 Å². The molecule has 0 aliphatic carbocycles. The van der Waals surface area contributed by atoms with E-state index in [2.05, 4.69) is 10.2 Å². The molecule has 0 unspecified atom stereocenters. The highest BCUT2D eigenvalue weighted by Crippen LogP contribution is 2.28. The van der Waals surface area contributed by atoms with Gasteiger partial charge in [0.25, 0.3) is 0 Å². The molecule has 0 fully saturated rings. The minimum absolute atomic E-state index is 0.290. The average Bonchev–Trinajstić information content (AvgIpc) is 2.68. The zero-order valence-corrected chi connectivity index (χ0v) is 11.8. The number of rotatable bonds is 4. The first kappa shape index (κ1) is 13.8. The molecule has 1 aromatic heterocycles. The quantitative estimate of drug-likeness (QED) is 0.935. The fourth-order valence-corrected chi connectivity index (χ4v) is 1.88. The number of aliphatic hydroxyl groups excluding tert-OH is 1. The Balaban J connectivity index is 2.17. The van der Waals surface area contributed by atoms with Crippen LogP contribution in [0.2, 0.25) is 5.02 Å². The number of ether oxygens (including phenoxy) is 1. The Hall–Kier alpha value is -1.59. The number of benzene rings is 1. The molecule has 0 aliphatic heterocycles. The van der Waals surface area contributed by atoms with Crippen LogP contribution in [0.5, 0.6) is 5.75 Å². The Bertz CT molecular complexity index is 581. The summed E-state index contributed by atoms with van der Waals surface area (Å²) in [5.74, 6) is 2.15. The van der Waals surface area contributed by atoms with Gasteiger partial charge in [-0.05, 0) is 32.0 Å². The van der Waals surface area contributed by atoms with Gasteiger partial charge in [-0.15, -0.1) is 10.2 Å². The van der Waals surface area contributed by atoms with Gasteiger partial charge in [-0.1, -0.05) is 11.6 Å². The summed E-state index contributed by atoms with van der Waals surface area (Å²) in [4.78, 5) is 0. The predicted octanol–water partition coefficient (Wildman–Crippen LogP) is 2.41. The van der Waals surface area contributed by atoms with Crippen molar-refractivity contribution in [3.8, 4) is 5.75 Å². The van der Waals surface area contributed by atoms with Crippen LogP contribution in [0.1, 0.15) is 30.2 Å². The van der Waals surface area contributed by atoms with Crippen LogP contribution in [0.3, 0.4) is 0 Å². The average molecular weight is 282 g/mol. The fraction of sp³-hybridized carbons (Fsp3) is 0.385. The van der Waals surface area contributed by atoms with Gasteiger partial charge < -0.3 is 14.4 Å². The highest BCUT2D eigenvalue weighted by atomic mass is 35.5. The van der Waals surface area contributed by atoms with Gasteiger partial charge in [0.05, 0.1) is 6.10 Å². The fourth-order valence-electron chi connectivity index (χ4n) is 1.70. The molecular formula is C13H16ClN3O2. The van der Waals surface area contributed by atoms with Crippen LogP contribution in [-0.4, -0.2) is 19.9 Å². The van der Waals surface area contributed by atoms with Crippen LogP contribution in [0.15, 0.2) is 18.2 Å². The molecular weight excluding hydrogens is 266 g/mol. The van der Waals surface area contributed by atoms with Crippen molar-refractivity contribution < 1.29 is 9.84 Å². The van der Waals surface area contributed by atoms with Crippen LogP contribution >= 0.6 is 11.6 Å². The minimum Gasteiger partial charge on any atom is -0.485 e. The third-order valence-corrected chi connectivity index (χ3v) is 3.20. The summed E-state index contributed by atoms with van der Waals surface area (Å²) in [5.41, 5.74) is 0.659. The smallest absolute Gasteiger partial charge is 0.170 e. The maximum absolute atomic E-state index is 9.71. The molecule has 5 nitrogen and oxygen atoms in total. The third kappa shape index (κ3) is 3.05. The van der Waals surface area contributed by atoms with Crippen LogP contribution in [0.4, 0.5) is 0 Å². The number of nitrogens with zero attached hydrogens (tertiary/aromatic N) is 3. The molecule has 102 valence electrons.